The van der Waals surface area contributed by atoms with Crippen molar-refractivity contribution < 1.29 is 14.0 Å². The van der Waals surface area contributed by atoms with Gasteiger partial charge in [-0.05, 0) is 48.9 Å². The quantitative estimate of drug-likeness (QED) is 0.430. The zero-order chi connectivity index (χ0) is 18.1. The van der Waals surface area contributed by atoms with E-state index in [2.05, 4.69) is 15.8 Å². The Morgan fingerprint density at radius 1 is 1.00 bits per heavy atom. The molecule has 0 atom stereocenters. The van der Waals surface area contributed by atoms with Crippen molar-refractivity contribution in [3.8, 4) is 11.3 Å². The Labute approximate surface area is 149 Å². The van der Waals surface area contributed by atoms with Crippen LogP contribution in [-0.4, -0.2) is 18.0 Å². The standard InChI is InChI=1S/C20H15N3O3/c1-12-3-2-4-14(9-12)23-21-11-15-6-8-18(26-15)13-5-7-16-17(10-13)20(25)22-19(16)24/h2-11,23H,1H3,(H,22,24,25). The van der Waals surface area contributed by atoms with Gasteiger partial charge in [0.25, 0.3) is 11.8 Å². The first-order chi connectivity index (χ1) is 12.6. The summed E-state index contributed by atoms with van der Waals surface area (Å²) in [7, 11) is 0. The number of aryl methyl sites for hydroxylation is 1. The Morgan fingerprint density at radius 2 is 1.85 bits per heavy atom. The van der Waals surface area contributed by atoms with Crippen LogP contribution in [0.15, 0.2) is 64.1 Å². The second-order valence-electron chi connectivity index (χ2n) is 5.99. The van der Waals surface area contributed by atoms with E-state index in [1.54, 1.807) is 36.5 Å². The largest absolute Gasteiger partial charge is 0.455 e. The van der Waals surface area contributed by atoms with E-state index in [1.807, 2.05) is 31.2 Å². The minimum Gasteiger partial charge on any atom is -0.455 e. The van der Waals surface area contributed by atoms with Crippen LogP contribution in [0.3, 0.4) is 0 Å². The lowest BCUT2D eigenvalue weighted by atomic mass is 10.0. The summed E-state index contributed by atoms with van der Waals surface area (Å²) in [6, 6.07) is 16.5. The van der Waals surface area contributed by atoms with Gasteiger partial charge in [-0.2, -0.15) is 5.10 Å². The maximum atomic E-state index is 11.8. The number of nitrogens with zero attached hydrogens (tertiary/aromatic N) is 1. The predicted octanol–water partition coefficient (Wildman–Crippen LogP) is 3.58. The maximum absolute atomic E-state index is 11.8. The fourth-order valence-electron chi connectivity index (χ4n) is 2.78. The highest BCUT2D eigenvalue weighted by molar-refractivity contribution is 6.21. The number of fused-ring (bicyclic) bond motifs is 1. The molecular weight excluding hydrogens is 330 g/mol. The van der Waals surface area contributed by atoms with Gasteiger partial charge in [-0.3, -0.25) is 20.3 Å². The van der Waals surface area contributed by atoms with E-state index in [4.69, 9.17) is 4.42 Å². The van der Waals surface area contributed by atoms with Crippen LogP contribution in [0.2, 0.25) is 0 Å². The van der Waals surface area contributed by atoms with Crippen LogP contribution >= 0.6 is 0 Å². The lowest BCUT2D eigenvalue weighted by molar-refractivity contribution is 0.0879. The smallest absolute Gasteiger partial charge is 0.258 e. The number of anilines is 1. The molecule has 1 aliphatic rings. The van der Waals surface area contributed by atoms with E-state index in [0.717, 1.165) is 16.8 Å². The molecule has 6 nitrogen and oxygen atoms in total. The predicted molar refractivity (Wildman–Crippen MR) is 98.3 cm³/mol. The molecule has 2 amide bonds. The molecular formula is C20H15N3O3. The molecule has 128 valence electrons. The monoisotopic (exact) mass is 345 g/mol. The minimum absolute atomic E-state index is 0.361. The van der Waals surface area contributed by atoms with Crippen molar-refractivity contribution in [2.45, 2.75) is 6.92 Å². The highest BCUT2D eigenvalue weighted by Gasteiger charge is 2.27. The maximum Gasteiger partial charge on any atom is 0.258 e. The van der Waals surface area contributed by atoms with Crippen LogP contribution in [-0.2, 0) is 0 Å². The molecule has 2 heterocycles. The molecule has 0 aliphatic carbocycles. The number of amides is 2. The topological polar surface area (TPSA) is 83.7 Å². The lowest BCUT2D eigenvalue weighted by Crippen LogP contribution is -2.19. The number of hydrogen-bond donors (Lipinski definition) is 2. The van der Waals surface area contributed by atoms with E-state index in [9.17, 15) is 9.59 Å². The summed E-state index contributed by atoms with van der Waals surface area (Å²) in [6.45, 7) is 2.01. The second-order valence-corrected chi connectivity index (χ2v) is 5.99. The number of benzene rings is 2. The third-order valence-electron chi connectivity index (χ3n) is 4.05. The summed E-state index contributed by atoms with van der Waals surface area (Å²) in [5, 5.41) is 6.44. The van der Waals surface area contributed by atoms with Crippen LogP contribution in [0.25, 0.3) is 11.3 Å². The van der Waals surface area contributed by atoms with Crippen molar-refractivity contribution in [1.29, 1.82) is 0 Å². The first-order valence-corrected chi connectivity index (χ1v) is 8.06. The van der Waals surface area contributed by atoms with Gasteiger partial charge in [0, 0.05) is 5.56 Å². The van der Waals surface area contributed by atoms with Gasteiger partial charge in [-0.1, -0.05) is 18.2 Å². The highest BCUT2D eigenvalue weighted by Crippen LogP contribution is 2.26. The van der Waals surface area contributed by atoms with Gasteiger partial charge in [-0.25, -0.2) is 0 Å². The summed E-state index contributed by atoms with van der Waals surface area (Å²) >= 11 is 0. The van der Waals surface area contributed by atoms with Crippen LogP contribution in [0, 0.1) is 6.92 Å². The Hall–Kier alpha value is -3.67. The summed E-state index contributed by atoms with van der Waals surface area (Å²) in [4.78, 5) is 23.4. The SMILES string of the molecule is Cc1cccc(NN=Cc2ccc(-c3ccc4c(c3)C(=O)NC4=O)o2)c1. The van der Waals surface area contributed by atoms with E-state index < -0.39 is 0 Å². The zero-order valence-electron chi connectivity index (χ0n) is 13.9. The van der Waals surface area contributed by atoms with Crippen molar-refractivity contribution in [3.63, 3.8) is 0 Å². The zero-order valence-corrected chi connectivity index (χ0v) is 13.9. The molecule has 1 aromatic heterocycles. The van der Waals surface area contributed by atoms with Crippen LogP contribution < -0.4 is 10.7 Å². The molecule has 2 aromatic carbocycles. The van der Waals surface area contributed by atoms with Crippen molar-refractivity contribution in [2.75, 3.05) is 5.43 Å². The number of carbonyl (C=O) groups is 2. The van der Waals surface area contributed by atoms with Crippen molar-refractivity contribution in [2.24, 2.45) is 5.10 Å². The Balaban J connectivity index is 1.52. The Kier molecular flexibility index (Phi) is 3.85. The number of furan rings is 1. The average molecular weight is 345 g/mol. The molecule has 0 saturated carbocycles. The lowest BCUT2D eigenvalue weighted by Gasteiger charge is -2.00. The van der Waals surface area contributed by atoms with Gasteiger partial charge < -0.3 is 4.42 Å². The molecule has 0 radical (unpaired) electrons. The van der Waals surface area contributed by atoms with E-state index in [-0.39, 0.29) is 11.8 Å². The van der Waals surface area contributed by atoms with Crippen molar-refractivity contribution >= 4 is 23.7 Å². The van der Waals surface area contributed by atoms with Gasteiger partial charge >= 0.3 is 0 Å². The van der Waals surface area contributed by atoms with E-state index in [1.165, 1.54) is 0 Å². The Bertz CT molecular complexity index is 1050. The van der Waals surface area contributed by atoms with Crippen LogP contribution in [0.4, 0.5) is 5.69 Å². The minimum atomic E-state index is -0.387. The molecule has 0 fully saturated rings. The molecule has 0 unspecified atom stereocenters. The van der Waals surface area contributed by atoms with Gasteiger partial charge in [-0.15, -0.1) is 0 Å². The van der Waals surface area contributed by atoms with E-state index >= 15 is 0 Å². The molecule has 26 heavy (non-hydrogen) atoms. The van der Waals surface area contributed by atoms with Gasteiger partial charge in [0.2, 0.25) is 0 Å². The second kappa shape index (κ2) is 6.33. The first-order valence-electron chi connectivity index (χ1n) is 8.06. The van der Waals surface area contributed by atoms with E-state index in [0.29, 0.717) is 22.6 Å². The number of hydrazone groups is 1. The Morgan fingerprint density at radius 3 is 2.69 bits per heavy atom. The molecule has 0 bridgehead atoms. The fourth-order valence-corrected chi connectivity index (χ4v) is 2.78. The molecule has 2 N–H and O–H groups in total. The molecule has 0 spiro atoms. The van der Waals surface area contributed by atoms with Gasteiger partial charge in [0.15, 0.2) is 0 Å². The average Bonchev–Trinajstić information content (AvgIpc) is 3.20. The third-order valence-corrected chi connectivity index (χ3v) is 4.05. The molecule has 3 aromatic rings. The van der Waals surface area contributed by atoms with Gasteiger partial charge in [0.1, 0.15) is 11.5 Å². The highest BCUT2D eigenvalue weighted by atomic mass is 16.3. The summed E-state index contributed by atoms with van der Waals surface area (Å²) in [5.74, 6) is 0.409. The summed E-state index contributed by atoms with van der Waals surface area (Å²) in [5.41, 5.74) is 6.45. The first kappa shape index (κ1) is 15.8. The van der Waals surface area contributed by atoms with Crippen LogP contribution in [0.1, 0.15) is 32.0 Å². The van der Waals surface area contributed by atoms with Crippen molar-refractivity contribution in [1.82, 2.24) is 5.32 Å². The van der Waals surface area contributed by atoms with Crippen molar-refractivity contribution in [3.05, 3.63) is 77.0 Å². The third kappa shape index (κ3) is 3.00. The molecule has 6 heteroatoms. The molecule has 1 aliphatic heterocycles. The summed E-state index contributed by atoms with van der Waals surface area (Å²) < 4.78 is 5.75. The number of carbonyl (C=O) groups excluding carboxylic acids is 2. The normalized spacial score (nSPS) is 13.1. The number of imide groups is 1. The number of hydrogen-bond acceptors (Lipinski definition) is 5. The number of nitrogens with one attached hydrogen (secondary N) is 2. The molecule has 0 saturated heterocycles. The summed E-state index contributed by atoms with van der Waals surface area (Å²) in [6.07, 6.45) is 1.58. The van der Waals surface area contributed by atoms with Gasteiger partial charge in [0.05, 0.1) is 23.0 Å². The molecule has 4 rings (SSSR count). The van der Waals surface area contributed by atoms with Crippen LogP contribution in [0.5, 0.6) is 0 Å². The fraction of sp³-hybridized carbons (Fsp3) is 0.0500. The number of rotatable bonds is 4.